The number of unbranched alkanes of at least 4 members (excludes halogenated alkanes) is 1. The van der Waals surface area contributed by atoms with Gasteiger partial charge in [-0.1, -0.05) is 64.4 Å². The summed E-state index contributed by atoms with van der Waals surface area (Å²) in [7, 11) is 0. The molecule has 0 aliphatic heterocycles. The molecule has 0 fully saturated rings. The zero-order chi connectivity index (χ0) is 23.6. The molecule has 0 unspecified atom stereocenters. The Morgan fingerprint density at radius 1 is 0.788 bits per heavy atom. The fraction of sp³-hybridized carbons (Fsp3) is 0.500. The van der Waals surface area contributed by atoms with Crippen LogP contribution in [0.3, 0.4) is 0 Å². The Labute approximate surface area is 200 Å². The lowest BCUT2D eigenvalue weighted by Gasteiger charge is -2.20. The van der Waals surface area contributed by atoms with Gasteiger partial charge in [-0.3, -0.25) is 4.79 Å². The molecule has 178 valence electrons. The van der Waals surface area contributed by atoms with Crippen LogP contribution in [0.4, 0.5) is 0 Å². The molecule has 3 rings (SSSR count). The second-order valence-electron chi connectivity index (χ2n) is 9.28. The van der Waals surface area contributed by atoms with Gasteiger partial charge in [0.05, 0.1) is 5.69 Å². The first-order valence-corrected chi connectivity index (χ1v) is 13.1. The highest BCUT2D eigenvalue weighted by molar-refractivity contribution is 6.09. The van der Waals surface area contributed by atoms with Crippen LogP contribution in [0.25, 0.3) is 5.52 Å². The van der Waals surface area contributed by atoms with E-state index in [2.05, 4.69) is 73.5 Å². The first kappa shape index (κ1) is 25.2. The summed E-state index contributed by atoms with van der Waals surface area (Å²) in [6.45, 7) is 12.4. The third-order valence-electron chi connectivity index (χ3n) is 6.57. The lowest BCUT2D eigenvalue weighted by molar-refractivity contribution is 0.103. The standard InChI is InChI=1S/C30H42N2O/c1-5-9-12-27-22-28-18-15-24(8-4)23-32(28)29(27)30(33)26-16-13-25(14-17-26)11-10-21-31(19-6-2)20-7-3/h13-18,22-23H,5-12,19-21H2,1-4H3. The minimum Gasteiger partial charge on any atom is -0.313 e. The van der Waals surface area contributed by atoms with Gasteiger partial charge in [-0.25, -0.2) is 0 Å². The van der Waals surface area contributed by atoms with Gasteiger partial charge in [0, 0.05) is 17.3 Å². The average molecular weight is 447 g/mol. The van der Waals surface area contributed by atoms with Gasteiger partial charge in [0.2, 0.25) is 5.78 Å². The molecule has 0 amide bonds. The fourth-order valence-electron chi connectivity index (χ4n) is 4.73. The molecule has 3 nitrogen and oxygen atoms in total. The van der Waals surface area contributed by atoms with E-state index in [1.165, 1.54) is 42.6 Å². The Morgan fingerprint density at radius 3 is 2.12 bits per heavy atom. The van der Waals surface area contributed by atoms with Gasteiger partial charge in [0.1, 0.15) is 0 Å². The molecule has 33 heavy (non-hydrogen) atoms. The summed E-state index contributed by atoms with van der Waals surface area (Å²) in [4.78, 5) is 16.2. The number of aromatic nitrogens is 1. The van der Waals surface area contributed by atoms with Crippen LogP contribution in [0.2, 0.25) is 0 Å². The molecule has 2 heterocycles. The second kappa shape index (κ2) is 12.7. The van der Waals surface area contributed by atoms with E-state index in [4.69, 9.17) is 0 Å². The molecular weight excluding hydrogens is 404 g/mol. The summed E-state index contributed by atoms with van der Waals surface area (Å²) in [6, 6.07) is 14.9. The Morgan fingerprint density at radius 2 is 1.48 bits per heavy atom. The quantitative estimate of drug-likeness (QED) is 0.246. The van der Waals surface area contributed by atoms with E-state index >= 15 is 0 Å². The normalized spacial score (nSPS) is 11.5. The van der Waals surface area contributed by atoms with Gasteiger partial charge < -0.3 is 9.30 Å². The molecule has 0 bridgehead atoms. The molecule has 3 heteroatoms. The number of fused-ring (bicyclic) bond motifs is 1. The van der Waals surface area contributed by atoms with E-state index in [0.29, 0.717) is 0 Å². The number of ketones is 1. The Kier molecular flexibility index (Phi) is 9.75. The predicted molar refractivity (Wildman–Crippen MR) is 141 cm³/mol. The Hall–Kier alpha value is -2.39. The van der Waals surface area contributed by atoms with E-state index in [1.54, 1.807) is 0 Å². The number of aryl methyl sites for hydroxylation is 3. The molecule has 0 aliphatic rings. The van der Waals surface area contributed by atoms with Crippen LogP contribution in [0.5, 0.6) is 0 Å². The van der Waals surface area contributed by atoms with Gasteiger partial charge in [-0.2, -0.15) is 0 Å². The van der Waals surface area contributed by atoms with E-state index in [1.807, 2.05) is 12.1 Å². The minimum atomic E-state index is 0.137. The first-order valence-electron chi connectivity index (χ1n) is 13.1. The van der Waals surface area contributed by atoms with Gasteiger partial charge in [-0.05, 0) is 93.4 Å². The number of benzene rings is 1. The van der Waals surface area contributed by atoms with Crippen molar-refractivity contribution in [3.05, 3.63) is 76.6 Å². The topological polar surface area (TPSA) is 24.7 Å². The van der Waals surface area contributed by atoms with Crippen molar-refractivity contribution in [1.29, 1.82) is 0 Å². The number of hydrogen-bond donors (Lipinski definition) is 0. The highest BCUT2D eigenvalue weighted by Gasteiger charge is 2.19. The number of nitrogens with zero attached hydrogens (tertiary/aromatic N) is 2. The molecule has 0 aliphatic carbocycles. The first-order chi connectivity index (χ1) is 16.1. The van der Waals surface area contributed by atoms with Crippen LogP contribution in [-0.2, 0) is 19.3 Å². The molecular formula is C30H42N2O. The second-order valence-corrected chi connectivity index (χ2v) is 9.28. The maximum Gasteiger partial charge on any atom is 0.210 e. The van der Waals surface area contributed by atoms with Crippen molar-refractivity contribution >= 4 is 11.3 Å². The van der Waals surface area contributed by atoms with E-state index < -0.39 is 0 Å². The van der Waals surface area contributed by atoms with Crippen molar-refractivity contribution in [1.82, 2.24) is 9.30 Å². The van der Waals surface area contributed by atoms with E-state index in [0.717, 1.165) is 61.8 Å². The molecule has 0 saturated heterocycles. The third-order valence-corrected chi connectivity index (χ3v) is 6.57. The largest absolute Gasteiger partial charge is 0.313 e. The molecule has 0 spiro atoms. The van der Waals surface area contributed by atoms with Crippen LogP contribution in [0.1, 0.15) is 92.5 Å². The molecule has 3 aromatic rings. The van der Waals surface area contributed by atoms with Gasteiger partial charge in [-0.15, -0.1) is 0 Å². The smallest absolute Gasteiger partial charge is 0.210 e. The monoisotopic (exact) mass is 446 g/mol. The summed E-state index contributed by atoms with van der Waals surface area (Å²) in [5, 5.41) is 0. The van der Waals surface area contributed by atoms with Crippen molar-refractivity contribution in [2.75, 3.05) is 19.6 Å². The van der Waals surface area contributed by atoms with Crippen molar-refractivity contribution < 1.29 is 4.79 Å². The molecule has 1 aromatic carbocycles. The number of carbonyl (C=O) groups excluding carboxylic acids is 1. The van der Waals surface area contributed by atoms with Gasteiger partial charge in [0.15, 0.2) is 0 Å². The van der Waals surface area contributed by atoms with Crippen LogP contribution in [-0.4, -0.2) is 34.7 Å². The third kappa shape index (κ3) is 6.57. The van der Waals surface area contributed by atoms with Crippen molar-refractivity contribution in [2.45, 2.75) is 79.1 Å². The molecule has 2 aromatic heterocycles. The average Bonchev–Trinajstić information content (AvgIpc) is 3.20. The van der Waals surface area contributed by atoms with E-state index in [-0.39, 0.29) is 5.78 Å². The summed E-state index contributed by atoms with van der Waals surface area (Å²) in [5.41, 5.74) is 6.49. The maximum absolute atomic E-state index is 13.6. The Balaban J connectivity index is 1.76. The maximum atomic E-state index is 13.6. The van der Waals surface area contributed by atoms with Crippen LogP contribution >= 0.6 is 0 Å². The van der Waals surface area contributed by atoms with Crippen LogP contribution in [0.15, 0.2) is 48.7 Å². The zero-order valence-electron chi connectivity index (χ0n) is 21.2. The molecule has 0 atom stereocenters. The number of hydrogen-bond acceptors (Lipinski definition) is 2. The molecule has 0 saturated carbocycles. The lowest BCUT2D eigenvalue weighted by atomic mass is 10.00. The minimum absolute atomic E-state index is 0.137. The summed E-state index contributed by atoms with van der Waals surface area (Å²) < 4.78 is 2.12. The number of pyridine rings is 1. The van der Waals surface area contributed by atoms with Crippen molar-refractivity contribution in [3.8, 4) is 0 Å². The highest BCUT2D eigenvalue weighted by atomic mass is 16.1. The van der Waals surface area contributed by atoms with Gasteiger partial charge >= 0.3 is 0 Å². The Bertz CT molecular complexity index is 1010. The number of rotatable bonds is 14. The zero-order valence-corrected chi connectivity index (χ0v) is 21.2. The summed E-state index contributed by atoms with van der Waals surface area (Å²) >= 11 is 0. The van der Waals surface area contributed by atoms with Crippen molar-refractivity contribution in [3.63, 3.8) is 0 Å². The van der Waals surface area contributed by atoms with Crippen molar-refractivity contribution in [2.24, 2.45) is 0 Å². The SMILES string of the molecule is CCCCc1cc2ccc(CC)cn2c1C(=O)c1ccc(CCCN(CCC)CCC)cc1. The van der Waals surface area contributed by atoms with Crippen LogP contribution < -0.4 is 0 Å². The highest BCUT2D eigenvalue weighted by Crippen LogP contribution is 2.23. The molecule has 0 radical (unpaired) electrons. The summed E-state index contributed by atoms with van der Waals surface area (Å²) in [5.74, 6) is 0.137. The van der Waals surface area contributed by atoms with Gasteiger partial charge in [0.25, 0.3) is 0 Å². The van der Waals surface area contributed by atoms with E-state index in [9.17, 15) is 4.79 Å². The fourth-order valence-corrected chi connectivity index (χ4v) is 4.73. The lowest BCUT2D eigenvalue weighted by Crippen LogP contribution is -2.26. The van der Waals surface area contributed by atoms with Crippen LogP contribution in [0, 0.1) is 0 Å². The number of carbonyl (C=O) groups is 1. The molecule has 0 N–H and O–H groups in total. The summed E-state index contributed by atoms with van der Waals surface area (Å²) in [6.07, 6.45) is 10.9. The predicted octanol–water partition coefficient (Wildman–Crippen LogP) is 7.13.